The van der Waals surface area contributed by atoms with Gasteiger partial charge in [-0.25, -0.2) is 9.18 Å². The third kappa shape index (κ3) is 3.77. The largest absolute Gasteiger partial charge is 0.334 e. The molecule has 1 aromatic rings. The summed E-state index contributed by atoms with van der Waals surface area (Å²) in [6.45, 7) is 4.15. The number of nitrogens with zero attached hydrogens (tertiary/aromatic N) is 2. The summed E-state index contributed by atoms with van der Waals surface area (Å²) >= 11 is 0. The number of carbonyl (C=O) groups is 1. The average Bonchev–Trinajstić information content (AvgIpc) is 2.71. The molecule has 4 nitrogen and oxygen atoms in total. The molecule has 1 heterocycles. The Balaban J connectivity index is 1.46. The monoisotopic (exact) mass is 305 g/mol. The van der Waals surface area contributed by atoms with Crippen molar-refractivity contribution < 1.29 is 9.18 Å². The fourth-order valence-corrected chi connectivity index (χ4v) is 3.15. The van der Waals surface area contributed by atoms with E-state index in [-0.39, 0.29) is 11.8 Å². The molecule has 0 radical (unpaired) electrons. The van der Waals surface area contributed by atoms with Crippen LogP contribution in [0.5, 0.6) is 0 Å². The summed E-state index contributed by atoms with van der Waals surface area (Å²) in [4.78, 5) is 16.7. The van der Waals surface area contributed by atoms with Gasteiger partial charge in [0.1, 0.15) is 5.82 Å². The maximum Gasteiger partial charge on any atom is 0.317 e. The molecule has 1 aromatic carbocycles. The summed E-state index contributed by atoms with van der Waals surface area (Å²) in [5.74, 6) is -0.251. The summed E-state index contributed by atoms with van der Waals surface area (Å²) in [5, 5.41) is 2.93. The zero-order valence-corrected chi connectivity index (χ0v) is 12.9. The average molecular weight is 305 g/mol. The van der Waals surface area contributed by atoms with Gasteiger partial charge >= 0.3 is 6.03 Å². The van der Waals surface area contributed by atoms with Gasteiger partial charge in [0.15, 0.2) is 0 Å². The molecule has 2 amide bonds. The number of amides is 2. The first-order valence-corrected chi connectivity index (χ1v) is 8.23. The van der Waals surface area contributed by atoms with Crippen LogP contribution in [0.1, 0.15) is 31.2 Å². The predicted octanol–water partition coefficient (Wildman–Crippen LogP) is 2.60. The van der Waals surface area contributed by atoms with Gasteiger partial charge in [0.25, 0.3) is 0 Å². The van der Waals surface area contributed by atoms with Crippen LogP contribution in [0.3, 0.4) is 0 Å². The normalized spacial score (nSPS) is 20.3. The Kier molecular flexibility index (Phi) is 4.93. The zero-order valence-electron chi connectivity index (χ0n) is 12.9. The second-order valence-corrected chi connectivity index (χ2v) is 6.25. The number of benzene rings is 1. The molecule has 0 spiro atoms. The molecule has 1 N–H and O–H groups in total. The van der Waals surface area contributed by atoms with E-state index in [1.54, 1.807) is 12.1 Å². The molecular formula is C17H24FN3O. The molecule has 2 fully saturated rings. The van der Waals surface area contributed by atoms with E-state index in [9.17, 15) is 9.18 Å². The first kappa shape index (κ1) is 15.3. The smallest absolute Gasteiger partial charge is 0.317 e. The van der Waals surface area contributed by atoms with Gasteiger partial charge in [-0.2, -0.15) is 0 Å². The highest BCUT2D eigenvalue weighted by Crippen LogP contribution is 2.25. The van der Waals surface area contributed by atoms with E-state index in [4.69, 9.17) is 0 Å². The first-order valence-electron chi connectivity index (χ1n) is 8.23. The highest BCUT2D eigenvalue weighted by atomic mass is 19.1. The minimum atomic E-state index is -0.251. The van der Waals surface area contributed by atoms with Crippen LogP contribution in [0.15, 0.2) is 24.3 Å². The molecule has 0 aromatic heterocycles. The second kappa shape index (κ2) is 7.09. The lowest BCUT2D eigenvalue weighted by Crippen LogP contribution is -2.44. The fourth-order valence-electron chi connectivity index (χ4n) is 3.15. The lowest BCUT2D eigenvalue weighted by Gasteiger charge is -2.36. The van der Waals surface area contributed by atoms with Crippen LogP contribution >= 0.6 is 0 Å². The Bertz CT molecular complexity index is 501. The molecule has 1 saturated heterocycles. The van der Waals surface area contributed by atoms with Crippen LogP contribution in [0.25, 0.3) is 0 Å². The maximum absolute atomic E-state index is 12.9. The van der Waals surface area contributed by atoms with Gasteiger partial charge in [-0.05, 0) is 37.0 Å². The quantitative estimate of drug-likeness (QED) is 0.932. The van der Waals surface area contributed by atoms with Crippen LogP contribution in [0, 0.1) is 5.82 Å². The summed E-state index contributed by atoms with van der Waals surface area (Å²) < 4.78 is 12.9. The van der Waals surface area contributed by atoms with Crippen LogP contribution < -0.4 is 5.32 Å². The van der Waals surface area contributed by atoms with Crippen molar-refractivity contribution in [3.63, 3.8) is 0 Å². The summed E-state index contributed by atoms with van der Waals surface area (Å²) in [6.07, 6.45) is 5.02. The minimum Gasteiger partial charge on any atom is -0.334 e. The fraction of sp³-hybridized carbons (Fsp3) is 0.588. The molecule has 0 bridgehead atoms. The Morgan fingerprint density at radius 2 is 1.86 bits per heavy atom. The van der Waals surface area contributed by atoms with Crippen molar-refractivity contribution >= 4 is 6.03 Å². The van der Waals surface area contributed by atoms with E-state index in [1.165, 1.54) is 31.4 Å². The minimum absolute atomic E-state index is 0.0141. The highest BCUT2D eigenvalue weighted by Gasteiger charge is 2.27. The van der Waals surface area contributed by atoms with E-state index in [0.717, 1.165) is 44.2 Å². The van der Waals surface area contributed by atoms with Crippen molar-refractivity contribution in [3.8, 4) is 0 Å². The van der Waals surface area contributed by atoms with Crippen LogP contribution in [0.4, 0.5) is 9.18 Å². The van der Waals surface area contributed by atoms with Crippen molar-refractivity contribution in [2.45, 2.75) is 38.3 Å². The van der Waals surface area contributed by atoms with Gasteiger partial charge in [-0.1, -0.05) is 18.6 Å². The van der Waals surface area contributed by atoms with Crippen LogP contribution in [0.2, 0.25) is 0 Å². The van der Waals surface area contributed by atoms with Crippen LogP contribution in [-0.2, 0) is 6.54 Å². The highest BCUT2D eigenvalue weighted by molar-refractivity contribution is 5.74. The molecule has 1 aliphatic heterocycles. The molecule has 22 heavy (non-hydrogen) atoms. The molecule has 2 aliphatic rings. The molecule has 1 aliphatic carbocycles. The Morgan fingerprint density at radius 3 is 2.55 bits per heavy atom. The molecule has 120 valence electrons. The standard InChI is InChI=1S/C17H24FN3O/c18-15-7-5-14(6-8-15)13-19-17(22)21-10-2-9-20(11-12-21)16-3-1-4-16/h5-8,16H,1-4,9-13H2,(H,19,22). The summed E-state index contributed by atoms with van der Waals surface area (Å²) in [5.41, 5.74) is 0.917. The van der Waals surface area contributed by atoms with Crippen LogP contribution in [-0.4, -0.2) is 48.1 Å². The van der Waals surface area contributed by atoms with Crippen molar-refractivity contribution in [1.82, 2.24) is 15.1 Å². The number of hydrogen-bond acceptors (Lipinski definition) is 2. The number of halogens is 1. The van der Waals surface area contributed by atoms with Crippen molar-refractivity contribution in [2.24, 2.45) is 0 Å². The van der Waals surface area contributed by atoms with Crippen molar-refractivity contribution in [1.29, 1.82) is 0 Å². The van der Waals surface area contributed by atoms with E-state index in [2.05, 4.69) is 10.2 Å². The molecule has 1 saturated carbocycles. The number of nitrogens with one attached hydrogen (secondary N) is 1. The maximum atomic E-state index is 12.9. The van der Waals surface area contributed by atoms with Gasteiger partial charge in [0, 0.05) is 38.8 Å². The van der Waals surface area contributed by atoms with E-state index >= 15 is 0 Å². The molecule has 3 rings (SSSR count). The van der Waals surface area contributed by atoms with E-state index < -0.39 is 0 Å². The first-order chi connectivity index (χ1) is 10.7. The van der Waals surface area contributed by atoms with Gasteiger partial charge < -0.3 is 10.2 Å². The number of urea groups is 1. The van der Waals surface area contributed by atoms with E-state index in [1.807, 2.05) is 4.90 Å². The Morgan fingerprint density at radius 1 is 1.09 bits per heavy atom. The van der Waals surface area contributed by atoms with Crippen molar-refractivity contribution in [3.05, 3.63) is 35.6 Å². The number of carbonyl (C=O) groups excluding carboxylic acids is 1. The summed E-state index contributed by atoms with van der Waals surface area (Å²) in [6, 6.07) is 6.99. The molecule has 0 unspecified atom stereocenters. The molecule has 5 heteroatoms. The Labute approximate surface area is 131 Å². The van der Waals surface area contributed by atoms with Gasteiger partial charge in [0.05, 0.1) is 0 Å². The Hall–Kier alpha value is -1.62. The number of rotatable bonds is 3. The molecule has 0 atom stereocenters. The summed E-state index contributed by atoms with van der Waals surface area (Å²) in [7, 11) is 0. The van der Waals surface area contributed by atoms with Gasteiger partial charge in [-0.3, -0.25) is 4.90 Å². The third-order valence-electron chi connectivity index (χ3n) is 4.77. The number of hydrogen-bond donors (Lipinski definition) is 1. The topological polar surface area (TPSA) is 35.6 Å². The predicted molar refractivity (Wildman–Crippen MR) is 84.0 cm³/mol. The SMILES string of the molecule is O=C(NCc1ccc(F)cc1)N1CCCN(C2CCC2)CC1. The second-order valence-electron chi connectivity index (χ2n) is 6.25. The lowest BCUT2D eigenvalue weighted by atomic mass is 9.91. The molecular weight excluding hydrogens is 281 g/mol. The van der Waals surface area contributed by atoms with Gasteiger partial charge in [0.2, 0.25) is 0 Å². The van der Waals surface area contributed by atoms with Gasteiger partial charge in [-0.15, -0.1) is 0 Å². The van der Waals surface area contributed by atoms with Crippen molar-refractivity contribution in [2.75, 3.05) is 26.2 Å². The zero-order chi connectivity index (χ0) is 15.4. The lowest BCUT2D eigenvalue weighted by molar-refractivity contribution is 0.131. The van der Waals surface area contributed by atoms with E-state index in [0.29, 0.717) is 6.54 Å². The third-order valence-corrected chi connectivity index (χ3v) is 4.77.